The van der Waals surface area contributed by atoms with Crippen molar-refractivity contribution >= 4 is 5.91 Å². The second kappa shape index (κ2) is 31.9. The van der Waals surface area contributed by atoms with Crippen LogP contribution in [0.25, 0.3) is 0 Å². The number of aliphatic hydroxyl groups is 6. The molecule has 0 aromatic heterocycles. The van der Waals surface area contributed by atoms with Crippen LogP contribution in [0.5, 0.6) is 0 Å². The van der Waals surface area contributed by atoms with Crippen molar-refractivity contribution < 1.29 is 44.9 Å². The molecule has 1 saturated heterocycles. The lowest BCUT2D eigenvalue weighted by atomic mass is 9.99. The van der Waals surface area contributed by atoms with Crippen molar-refractivity contribution in [2.24, 2.45) is 0 Å². The Balaban J connectivity index is 2.55. The molecule has 0 aromatic rings. The third kappa shape index (κ3) is 22.9. The number of carbonyl (C=O) groups is 1. The Morgan fingerprint density at radius 1 is 0.667 bits per heavy atom. The Labute approximate surface area is 309 Å². The molecule has 1 heterocycles. The zero-order valence-corrected chi connectivity index (χ0v) is 32.0. The second-order valence-electron chi connectivity index (χ2n) is 14.2. The van der Waals surface area contributed by atoms with Gasteiger partial charge in [0.2, 0.25) is 5.91 Å². The number of allylic oxidation sites excluding steroid dienone is 5. The molecular formula is C41H75NO9. The molecule has 0 aromatic carbocycles. The van der Waals surface area contributed by atoms with Crippen molar-refractivity contribution in [2.75, 3.05) is 13.2 Å². The molecule has 1 aliphatic heterocycles. The first kappa shape index (κ1) is 47.4. The molecule has 8 unspecified atom stereocenters. The molecule has 0 aliphatic carbocycles. The predicted molar refractivity (Wildman–Crippen MR) is 204 cm³/mol. The van der Waals surface area contributed by atoms with Gasteiger partial charge in [-0.1, -0.05) is 147 Å². The lowest BCUT2D eigenvalue weighted by Gasteiger charge is -2.40. The third-order valence-electron chi connectivity index (χ3n) is 9.55. The minimum atomic E-state index is -1.62. The summed E-state index contributed by atoms with van der Waals surface area (Å²) in [4.78, 5) is 12.9. The van der Waals surface area contributed by atoms with Gasteiger partial charge in [-0.25, -0.2) is 0 Å². The van der Waals surface area contributed by atoms with Crippen molar-refractivity contribution in [1.29, 1.82) is 0 Å². The van der Waals surface area contributed by atoms with Crippen LogP contribution in [0.2, 0.25) is 0 Å². The highest BCUT2D eigenvalue weighted by Gasteiger charge is 2.44. The first-order chi connectivity index (χ1) is 24.8. The van der Waals surface area contributed by atoms with Gasteiger partial charge in [-0.05, 0) is 44.9 Å². The summed E-state index contributed by atoms with van der Waals surface area (Å²) in [5, 5.41) is 64.3. The molecule has 1 fully saturated rings. The number of hydrogen-bond acceptors (Lipinski definition) is 9. The summed E-state index contributed by atoms with van der Waals surface area (Å²) in [7, 11) is 0. The van der Waals surface area contributed by atoms with Gasteiger partial charge in [-0.3, -0.25) is 4.79 Å². The first-order valence-electron chi connectivity index (χ1n) is 20.3. The Morgan fingerprint density at radius 3 is 1.71 bits per heavy atom. The van der Waals surface area contributed by atoms with Crippen LogP contribution in [0.4, 0.5) is 0 Å². The van der Waals surface area contributed by atoms with Crippen LogP contribution in [0.15, 0.2) is 36.5 Å². The summed E-state index contributed by atoms with van der Waals surface area (Å²) >= 11 is 0. The van der Waals surface area contributed by atoms with Crippen molar-refractivity contribution in [1.82, 2.24) is 5.32 Å². The molecule has 0 spiro atoms. The summed E-state index contributed by atoms with van der Waals surface area (Å²) in [5.41, 5.74) is 0. The highest BCUT2D eigenvalue weighted by Crippen LogP contribution is 2.22. The van der Waals surface area contributed by atoms with Gasteiger partial charge in [0.05, 0.1) is 25.4 Å². The van der Waals surface area contributed by atoms with Crippen molar-refractivity contribution in [3.05, 3.63) is 36.5 Å². The van der Waals surface area contributed by atoms with E-state index in [1.165, 1.54) is 77.0 Å². The number of unbranched alkanes of at least 4 members (excludes halogenated alkanes) is 17. The Bertz CT molecular complexity index is 912. The molecule has 0 bridgehead atoms. The molecule has 1 rings (SSSR count). The minimum absolute atomic E-state index is 0.302. The van der Waals surface area contributed by atoms with Gasteiger partial charge in [0.15, 0.2) is 6.29 Å². The highest BCUT2D eigenvalue weighted by atomic mass is 16.7. The number of hydrogen-bond donors (Lipinski definition) is 7. The minimum Gasteiger partial charge on any atom is -0.394 e. The first-order valence-corrected chi connectivity index (χ1v) is 20.3. The van der Waals surface area contributed by atoms with E-state index < -0.39 is 61.5 Å². The Kier molecular flexibility index (Phi) is 29.6. The molecule has 1 aliphatic rings. The fourth-order valence-electron chi connectivity index (χ4n) is 6.13. The normalized spacial score (nSPS) is 23.0. The second-order valence-corrected chi connectivity index (χ2v) is 14.2. The van der Waals surface area contributed by atoms with E-state index in [-0.39, 0.29) is 6.61 Å². The maximum atomic E-state index is 12.9. The predicted octanol–water partition coefficient (Wildman–Crippen LogP) is 6.30. The van der Waals surface area contributed by atoms with E-state index in [1.807, 2.05) is 6.08 Å². The monoisotopic (exact) mass is 726 g/mol. The molecule has 0 saturated carbocycles. The van der Waals surface area contributed by atoms with Gasteiger partial charge >= 0.3 is 0 Å². The Morgan fingerprint density at radius 2 is 1.16 bits per heavy atom. The molecule has 1 amide bonds. The van der Waals surface area contributed by atoms with Crippen LogP contribution in [0, 0.1) is 0 Å². The number of rotatable bonds is 32. The van der Waals surface area contributed by atoms with E-state index >= 15 is 0 Å². The van der Waals surface area contributed by atoms with Gasteiger partial charge < -0.3 is 45.4 Å². The molecule has 51 heavy (non-hydrogen) atoms. The Hall–Kier alpha value is -1.63. The average molecular weight is 726 g/mol. The number of amides is 1. The van der Waals surface area contributed by atoms with Crippen LogP contribution in [0.1, 0.15) is 155 Å². The maximum Gasteiger partial charge on any atom is 0.249 e. The van der Waals surface area contributed by atoms with E-state index in [0.717, 1.165) is 44.9 Å². The van der Waals surface area contributed by atoms with Gasteiger partial charge in [-0.2, -0.15) is 0 Å². The van der Waals surface area contributed by atoms with Crippen LogP contribution in [0.3, 0.4) is 0 Å². The van der Waals surface area contributed by atoms with Crippen molar-refractivity contribution in [2.45, 2.75) is 204 Å². The quantitative estimate of drug-likeness (QED) is 0.0311. The number of ether oxygens (including phenoxy) is 2. The van der Waals surface area contributed by atoms with Crippen molar-refractivity contribution in [3.63, 3.8) is 0 Å². The van der Waals surface area contributed by atoms with Crippen molar-refractivity contribution in [3.8, 4) is 0 Å². The van der Waals surface area contributed by atoms with E-state index in [4.69, 9.17) is 9.47 Å². The van der Waals surface area contributed by atoms with E-state index in [9.17, 15) is 35.4 Å². The largest absolute Gasteiger partial charge is 0.394 e. The van der Waals surface area contributed by atoms with Crippen LogP contribution < -0.4 is 5.32 Å². The standard InChI is InChI=1S/C41H75NO9/c1-3-5-7-9-11-13-15-16-17-18-20-21-23-25-27-29-34(44)33(32-50-41-39(48)38(47)37(46)36(31-43)51-41)42-40(49)35(45)30-28-26-24-22-19-14-12-10-8-6-4-2/h15-16,20-21,27,29,33-39,41,43-48H,3-14,17-19,22-26,28,30-32H2,1-2H3,(H,42,49)/b16-15+,21-20+,29-27+. The summed E-state index contributed by atoms with van der Waals surface area (Å²) < 4.78 is 11.1. The number of aliphatic hydroxyl groups excluding tert-OH is 6. The molecule has 7 N–H and O–H groups in total. The summed E-state index contributed by atoms with van der Waals surface area (Å²) in [6, 6.07) is -0.998. The zero-order chi connectivity index (χ0) is 37.5. The van der Waals surface area contributed by atoms with E-state index in [1.54, 1.807) is 6.08 Å². The third-order valence-corrected chi connectivity index (χ3v) is 9.55. The summed E-state index contributed by atoms with van der Waals surface area (Å²) in [5.74, 6) is -0.634. The molecule has 298 valence electrons. The van der Waals surface area contributed by atoms with Crippen LogP contribution in [-0.4, -0.2) is 98.7 Å². The molecular weight excluding hydrogens is 650 g/mol. The maximum absolute atomic E-state index is 12.9. The number of carbonyl (C=O) groups excluding carboxylic acids is 1. The van der Waals surface area contributed by atoms with Gasteiger partial charge in [0.25, 0.3) is 0 Å². The van der Waals surface area contributed by atoms with Gasteiger partial charge in [-0.15, -0.1) is 0 Å². The average Bonchev–Trinajstić information content (AvgIpc) is 3.13. The molecule has 10 nitrogen and oxygen atoms in total. The topological polar surface area (TPSA) is 169 Å². The number of nitrogens with one attached hydrogen (secondary N) is 1. The van der Waals surface area contributed by atoms with Gasteiger partial charge in [0, 0.05) is 0 Å². The lowest BCUT2D eigenvalue weighted by Crippen LogP contribution is -2.60. The SMILES string of the molecule is CCCCCCC/C=C/CC/C=C/CC/C=C/C(O)C(COC1OC(CO)C(O)C(O)C1O)NC(=O)C(O)CCCCCCCCCCCCC. The van der Waals surface area contributed by atoms with E-state index in [2.05, 4.69) is 43.5 Å². The molecule has 0 radical (unpaired) electrons. The zero-order valence-electron chi connectivity index (χ0n) is 32.0. The summed E-state index contributed by atoms with van der Waals surface area (Å²) in [6.45, 7) is 3.53. The van der Waals surface area contributed by atoms with Crippen LogP contribution in [-0.2, 0) is 14.3 Å². The van der Waals surface area contributed by atoms with E-state index in [0.29, 0.717) is 19.3 Å². The van der Waals surface area contributed by atoms with Crippen LogP contribution >= 0.6 is 0 Å². The molecule has 10 heteroatoms. The fraction of sp³-hybridized carbons (Fsp3) is 0.829. The molecule has 8 atom stereocenters. The lowest BCUT2D eigenvalue weighted by molar-refractivity contribution is -0.302. The fourth-order valence-corrected chi connectivity index (χ4v) is 6.13. The van der Waals surface area contributed by atoms with Gasteiger partial charge in [0.1, 0.15) is 30.5 Å². The highest BCUT2D eigenvalue weighted by molar-refractivity contribution is 5.80. The summed E-state index contributed by atoms with van der Waals surface area (Å²) in [6.07, 6.45) is 26.6. The smallest absolute Gasteiger partial charge is 0.249 e.